The molecule has 5 atom stereocenters. The molecule has 0 radical (unpaired) electrons. The molecular formula is C31H42O6SSi. The van der Waals surface area contributed by atoms with Crippen molar-refractivity contribution in [1.29, 1.82) is 0 Å². The summed E-state index contributed by atoms with van der Waals surface area (Å²) in [6.07, 6.45) is 5.12. The Morgan fingerprint density at radius 3 is 2.05 bits per heavy atom. The Morgan fingerprint density at radius 1 is 0.949 bits per heavy atom. The average Bonchev–Trinajstić information content (AvgIpc) is 2.93. The Morgan fingerprint density at radius 2 is 1.54 bits per heavy atom. The van der Waals surface area contributed by atoms with Crippen LogP contribution in [0.4, 0.5) is 0 Å². The lowest BCUT2D eigenvalue weighted by molar-refractivity contribution is -0.367. The minimum atomic E-state index is -2.99. The number of fused-ring (bicyclic) bond motifs is 1. The summed E-state index contributed by atoms with van der Waals surface area (Å²) in [4.78, 5) is 12.5. The van der Waals surface area contributed by atoms with E-state index in [4.69, 9.17) is 23.4 Å². The minimum absolute atomic E-state index is 0.243. The van der Waals surface area contributed by atoms with Crippen LogP contribution >= 0.6 is 11.8 Å². The summed E-state index contributed by atoms with van der Waals surface area (Å²) in [6, 6.07) is 21.1. The van der Waals surface area contributed by atoms with E-state index in [0.29, 0.717) is 6.61 Å². The molecule has 2 aromatic rings. The van der Waals surface area contributed by atoms with Gasteiger partial charge in [-0.05, 0) is 34.5 Å². The molecule has 39 heavy (non-hydrogen) atoms. The first-order valence-electron chi connectivity index (χ1n) is 14.2. The predicted octanol–water partition coefficient (Wildman–Crippen LogP) is 5.03. The average molecular weight is 571 g/mol. The molecule has 3 fully saturated rings. The highest BCUT2D eigenvalue weighted by Crippen LogP contribution is 2.46. The van der Waals surface area contributed by atoms with Crippen molar-refractivity contribution in [1.82, 2.24) is 0 Å². The third-order valence-corrected chi connectivity index (χ3v) is 14.2. The summed E-state index contributed by atoms with van der Waals surface area (Å²) in [5, 5.41) is 2.11. The molecule has 3 aliphatic rings. The van der Waals surface area contributed by atoms with E-state index in [-0.39, 0.29) is 17.1 Å². The fourth-order valence-corrected chi connectivity index (χ4v) is 12.0. The zero-order valence-electron chi connectivity index (χ0n) is 23.8. The molecule has 8 heteroatoms. The molecule has 0 bridgehead atoms. The maximum Gasteiger partial charge on any atom is 0.303 e. The van der Waals surface area contributed by atoms with Gasteiger partial charge in [0.1, 0.15) is 23.7 Å². The molecular weight excluding hydrogens is 528 g/mol. The van der Waals surface area contributed by atoms with Gasteiger partial charge in [0.25, 0.3) is 8.32 Å². The molecule has 0 unspecified atom stereocenters. The van der Waals surface area contributed by atoms with Gasteiger partial charge in [0.05, 0.1) is 6.61 Å². The Hall–Kier alpha value is -1.68. The van der Waals surface area contributed by atoms with E-state index in [1.54, 1.807) is 0 Å². The van der Waals surface area contributed by atoms with Crippen LogP contribution < -0.4 is 10.4 Å². The monoisotopic (exact) mass is 570 g/mol. The number of hydrogen-bond donors (Lipinski definition) is 0. The standard InChI is InChI=1S/C31H42O6SSi/c1-22(32)34-28-27(26-25(35-29(28)38-5)21-33-31(36-26)19-13-8-14-20-31)37-39(30(2,3)4,23-15-9-6-10-16-23)24-17-11-7-12-18-24/h6-7,9-12,15-18,25-29H,8,13-14,19-21H2,1-5H3/t25-,26-,27+,28+,29-/m1/s1. The minimum Gasteiger partial charge on any atom is -0.456 e. The lowest BCUT2D eigenvalue weighted by Gasteiger charge is -2.55. The van der Waals surface area contributed by atoms with Gasteiger partial charge in [-0.2, -0.15) is 0 Å². The lowest BCUT2D eigenvalue weighted by atomic mass is 9.91. The van der Waals surface area contributed by atoms with Crippen LogP contribution in [0, 0.1) is 0 Å². The van der Waals surface area contributed by atoms with Crippen LogP contribution in [0.5, 0.6) is 0 Å². The summed E-state index contributed by atoms with van der Waals surface area (Å²) in [5.74, 6) is -0.986. The van der Waals surface area contributed by atoms with E-state index in [1.807, 2.05) is 18.4 Å². The van der Waals surface area contributed by atoms with Crippen molar-refractivity contribution in [3.8, 4) is 0 Å². The number of rotatable bonds is 6. The highest BCUT2D eigenvalue weighted by molar-refractivity contribution is 7.99. The second kappa shape index (κ2) is 11.7. The van der Waals surface area contributed by atoms with E-state index >= 15 is 0 Å². The smallest absolute Gasteiger partial charge is 0.303 e. The highest BCUT2D eigenvalue weighted by Gasteiger charge is 2.60. The van der Waals surface area contributed by atoms with Gasteiger partial charge in [-0.3, -0.25) is 4.79 Å². The van der Waals surface area contributed by atoms with Crippen LogP contribution in [0.15, 0.2) is 60.7 Å². The molecule has 212 valence electrons. The first-order chi connectivity index (χ1) is 18.7. The van der Waals surface area contributed by atoms with Crippen molar-refractivity contribution in [2.24, 2.45) is 0 Å². The van der Waals surface area contributed by atoms with Gasteiger partial charge < -0.3 is 23.4 Å². The van der Waals surface area contributed by atoms with Gasteiger partial charge in [0, 0.05) is 19.8 Å². The quantitative estimate of drug-likeness (QED) is 0.357. The topological polar surface area (TPSA) is 63.2 Å². The van der Waals surface area contributed by atoms with Gasteiger partial charge in [0.15, 0.2) is 11.9 Å². The molecule has 2 aliphatic heterocycles. The van der Waals surface area contributed by atoms with Gasteiger partial charge in [0.2, 0.25) is 0 Å². The number of thioether (sulfide) groups is 1. The molecule has 2 heterocycles. The molecule has 1 aliphatic carbocycles. The van der Waals surface area contributed by atoms with Crippen LogP contribution in [0.1, 0.15) is 59.8 Å². The number of carbonyl (C=O) groups is 1. The number of carbonyl (C=O) groups excluding carboxylic acids is 1. The zero-order valence-corrected chi connectivity index (χ0v) is 25.6. The third-order valence-electron chi connectivity index (χ3n) is 8.33. The highest BCUT2D eigenvalue weighted by atomic mass is 32.2. The van der Waals surface area contributed by atoms with Crippen molar-refractivity contribution in [3.05, 3.63) is 60.7 Å². The number of benzene rings is 2. The molecule has 2 aromatic carbocycles. The largest absolute Gasteiger partial charge is 0.456 e. The summed E-state index contributed by atoms with van der Waals surface area (Å²) < 4.78 is 33.5. The van der Waals surface area contributed by atoms with Crippen LogP contribution in [-0.2, 0) is 28.2 Å². The fraction of sp³-hybridized carbons (Fsp3) is 0.581. The van der Waals surface area contributed by atoms with E-state index in [0.717, 1.165) is 25.7 Å². The van der Waals surface area contributed by atoms with Crippen LogP contribution in [0.25, 0.3) is 0 Å². The maximum absolute atomic E-state index is 12.5. The molecule has 2 saturated heterocycles. The van der Waals surface area contributed by atoms with Crippen molar-refractivity contribution >= 4 is 36.4 Å². The third kappa shape index (κ3) is 5.61. The molecule has 1 spiro atoms. The van der Waals surface area contributed by atoms with Crippen molar-refractivity contribution in [2.45, 2.75) is 100 Å². The first-order valence-corrected chi connectivity index (χ1v) is 17.3. The summed E-state index contributed by atoms with van der Waals surface area (Å²) in [5.41, 5.74) is -0.397. The SMILES string of the molecule is CS[C@H]1O[C@@H]2COC3(CCCCC3)O[C@H]2[C@H](O[Si](c2ccccc2)(c2ccccc2)C(C)(C)C)[C@@H]1OC(C)=O. The van der Waals surface area contributed by atoms with Crippen LogP contribution in [-0.4, -0.2) is 62.8 Å². The summed E-state index contributed by atoms with van der Waals surface area (Å²) in [6.45, 7) is 8.68. The number of hydrogen-bond acceptors (Lipinski definition) is 7. The predicted molar refractivity (Wildman–Crippen MR) is 157 cm³/mol. The second-order valence-corrected chi connectivity index (χ2v) is 17.2. The Labute approximate surface area is 238 Å². The number of esters is 1. The summed E-state index contributed by atoms with van der Waals surface area (Å²) in [7, 11) is -2.99. The van der Waals surface area contributed by atoms with E-state index in [1.165, 1.54) is 35.5 Å². The number of ether oxygens (including phenoxy) is 4. The lowest BCUT2D eigenvalue weighted by Crippen LogP contribution is -2.73. The first kappa shape index (κ1) is 28.8. The second-order valence-electron chi connectivity index (χ2n) is 12.0. The van der Waals surface area contributed by atoms with E-state index < -0.39 is 37.9 Å². The van der Waals surface area contributed by atoms with Crippen LogP contribution in [0.3, 0.4) is 0 Å². The Kier molecular flexibility index (Phi) is 8.62. The molecule has 0 amide bonds. The van der Waals surface area contributed by atoms with Gasteiger partial charge >= 0.3 is 5.97 Å². The van der Waals surface area contributed by atoms with Crippen LogP contribution in [0.2, 0.25) is 5.04 Å². The van der Waals surface area contributed by atoms with Gasteiger partial charge in [-0.15, -0.1) is 11.8 Å². The normalized spacial score (nSPS) is 29.0. The van der Waals surface area contributed by atoms with Gasteiger partial charge in [-0.25, -0.2) is 0 Å². The Bertz CT molecular complexity index is 1060. The molecule has 1 saturated carbocycles. The van der Waals surface area contributed by atoms with E-state index in [9.17, 15) is 4.79 Å². The van der Waals surface area contributed by atoms with Crippen molar-refractivity contribution in [3.63, 3.8) is 0 Å². The molecule has 6 nitrogen and oxygen atoms in total. The maximum atomic E-state index is 12.5. The molecule has 5 rings (SSSR count). The van der Waals surface area contributed by atoms with E-state index in [2.05, 4.69) is 69.3 Å². The van der Waals surface area contributed by atoms with Crippen molar-refractivity contribution < 1.29 is 28.2 Å². The van der Waals surface area contributed by atoms with Gasteiger partial charge in [-0.1, -0.05) is 87.9 Å². The zero-order chi connectivity index (χ0) is 27.7. The molecule has 0 aromatic heterocycles. The fourth-order valence-electron chi connectivity index (χ4n) is 6.56. The Balaban J connectivity index is 1.66. The van der Waals surface area contributed by atoms with Crippen molar-refractivity contribution in [2.75, 3.05) is 12.9 Å². The summed E-state index contributed by atoms with van der Waals surface area (Å²) >= 11 is 1.53. The molecule has 0 N–H and O–H groups in total.